The molecule has 26 nitrogen and oxygen atoms in total. The van der Waals surface area contributed by atoms with Crippen LogP contribution in [0.5, 0.6) is 0 Å². The molecule has 0 saturated carbocycles. The fourth-order valence-electron chi connectivity index (χ4n) is 6.98. The van der Waals surface area contributed by atoms with Gasteiger partial charge in [0.15, 0.2) is 22.8 Å². The fraction of sp³-hybridized carbons (Fsp3) is 0.482. The van der Waals surface area contributed by atoms with Gasteiger partial charge in [0.05, 0.1) is 48.4 Å². The zero-order valence-corrected chi connectivity index (χ0v) is 50.2. The molecule has 1 saturated heterocycles. The lowest BCUT2D eigenvalue weighted by atomic mass is 10.0. The number of aliphatic hydroxyl groups is 1. The molecule has 4 aromatic rings. The first kappa shape index (κ1) is 74.7. The minimum atomic E-state index is -0.854. The standard InChI is InChI=1S/C36H44N16O5.C10H15NO3S.C4H10.C3H8.C2H6.CH4O/c1-4-14-52(18-24-16-43-32-29(45-24)31(38)48-36(39)49-32)25-10-7-21(8-11-25)34(56)47-23(19-53)6-5-13-42-35(57)26-12-9-22(15-27(26)30(37)50-51-40)46-33(55)20(2)44-28(54)17-41-3;12-6-4-2-1-3-5-11-9(13)7-8(15)10(11)14;1-3-4-2;1-3-2;2*1-2/h1,7-12,15-16,19-20,23,41,51H,5-6,13-14,17-18,40H2,2-3H3,(H2,37,50)(H,42,57)(H,44,54)(H,46,55)(H,47,56)(H4,38,39,43,48,49);6,8,15H,1-5,7H2;3-4H2,1-2H3;3H2,1-2H3;1-2H3;2H,1H3. The first-order chi connectivity index (χ1) is 39.9. The number of carbonyl (C=O) groups is 8. The zero-order valence-electron chi connectivity index (χ0n) is 49.3. The summed E-state index contributed by atoms with van der Waals surface area (Å²) in [4.78, 5) is 115. The van der Waals surface area contributed by atoms with E-state index in [1.165, 1.54) is 55.5 Å². The molecule has 83 heavy (non-hydrogen) atoms. The van der Waals surface area contributed by atoms with E-state index in [4.69, 9.17) is 34.6 Å². The number of nitrogens with zero attached hydrogens (tertiary/aromatic N) is 7. The molecule has 0 bridgehead atoms. The number of carbonyl (C=O) groups excluding carboxylic acids is 8. The third-order valence-electron chi connectivity index (χ3n) is 11.1. The van der Waals surface area contributed by atoms with Crippen molar-refractivity contribution in [2.24, 2.45) is 16.7 Å². The smallest absolute Gasteiger partial charge is 0.252 e. The lowest BCUT2D eigenvalue weighted by molar-refractivity contribution is -0.138. The van der Waals surface area contributed by atoms with Crippen molar-refractivity contribution in [1.82, 2.24) is 51.6 Å². The van der Waals surface area contributed by atoms with Gasteiger partial charge in [-0.05, 0) is 82.1 Å². The molecule has 27 heteroatoms. The van der Waals surface area contributed by atoms with Gasteiger partial charge in [-0.25, -0.2) is 21.3 Å². The van der Waals surface area contributed by atoms with Crippen molar-refractivity contribution in [3.8, 4) is 12.3 Å². The van der Waals surface area contributed by atoms with Gasteiger partial charge in [-0.1, -0.05) is 73.1 Å². The summed E-state index contributed by atoms with van der Waals surface area (Å²) in [6.45, 7) is 15.3. The van der Waals surface area contributed by atoms with Crippen molar-refractivity contribution in [2.75, 3.05) is 62.0 Å². The lowest BCUT2D eigenvalue weighted by Gasteiger charge is -2.22. The van der Waals surface area contributed by atoms with E-state index in [9.17, 15) is 38.4 Å². The Morgan fingerprint density at radius 3 is 2.17 bits per heavy atom. The fourth-order valence-corrected chi connectivity index (χ4v) is 7.27. The number of rotatable bonds is 26. The van der Waals surface area contributed by atoms with Crippen LogP contribution in [0.3, 0.4) is 0 Å². The van der Waals surface area contributed by atoms with Gasteiger partial charge in [-0.15, -0.1) is 11.5 Å². The highest BCUT2D eigenvalue weighted by molar-refractivity contribution is 7.81. The second-order valence-electron chi connectivity index (χ2n) is 17.7. The molecule has 0 radical (unpaired) electrons. The average Bonchev–Trinajstić information content (AvgIpc) is 3.89. The highest BCUT2D eigenvalue weighted by Gasteiger charge is 2.35. The molecule has 456 valence electrons. The lowest BCUT2D eigenvalue weighted by Crippen LogP contribution is -2.44. The number of benzene rings is 2. The maximum absolute atomic E-state index is 13.2. The van der Waals surface area contributed by atoms with Crippen LogP contribution in [0.2, 0.25) is 0 Å². The molecule has 6 amide bonds. The van der Waals surface area contributed by atoms with Crippen LogP contribution >= 0.6 is 12.6 Å². The molecule has 3 heterocycles. The van der Waals surface area contributed by atoms with Crippen LogP contribution in [0.15, 0.2) is 53.8 Å². The van der Waals surface area contributed by atoms with E-state index in [0.29, 0.717) is 48.1 Å². The van der Waals surface area contributed by atoms with Crippen molar-refractivity contribution in [3.63, 3.8) is 0 Å². The Hall–Kier alpha value is -8.32. The minimum Gasteiger partial charge on any atom is -0.400 e. The van der Waals surface area contributed by atoms with Crippen molar-refractivity contribution < 1.29 is 43.5 Å². The Morgan fingerprint density at radius 1 is 0.940 bits per heavy atom. The number of hydrogen-bond acceptors (Lipinski definition) is 21. The number of fused-ring (bicyclic) bond motifs is 1. The summed E-state index contributed by atoms with van der Waals surface area (Å²) in [5, 5.41) is 23.7. The third-order valence-corrected chi connectivity index (χ3v) is 11.5. The number of imide groups is 1. The summed E-state index contributed by atoms with van der Waals surface area (Å²) < 4.78 is 0. The topological polar surface area (TPSA) is 403 Å². The van der Waals surface area contributed by atoms with Crippen molar-refractivity contribution in [1.29, 1.82) is 0 Å². The number of nitrogen functional groups attached to an aromatic ring is 2. The number of unbranched alkanes of at least 4 members (excludes halogenated alkanes) is 4. The van der Waals surface area contributed by atoms with Crippen LogP contribution in [0.4, 0.5) is 23.1 Å². The summed E-state index contributed by atoms with van der Waals surface area (Å²) >= 11 is 4.03. The quantitative estimate of drug-likeness (QED) is 0.00494. The van der Waals surface area contributed by atoms with Gasteiger partial charge in [0.25, 0.3) is 11.8 Å². The van der Waals surface area contributed by atoms with E-state index < -0.39 is 35.1 Å². The Morgan fingerprint density at radius 2 is 1.60 bits per heavy atom. The number of amidine groups is 1. The number of aldehydes is 2. The molecule has 0 aliphatic carbocycles. The molecular formula is C56H87N17O9S. The number of aromatic nitrogens is 4. The van der Waals surface area contributed by atoms with E-state index in [-0.39, 0.29) is 96.8 Å². The molecule has 1 aliphatic rings. The number of nitrogens with two attached hydrogens (primary N) is 4. The number of likely N-dealkylation sites (tertiary alicyclic amines) is 1. The van der Waals surface area contributed by atoms with Crippen LogP contribution in [-0.2, 0) is 35.3 Å². The summed E-state index contributed by atoms with van der Waals surface area (Å²) in [6, 6.07) is 9.30. The molecule has 0 spiro atoms. The summed E-state index contributed by atoms with van der Waals surface area (Å²) in [6.07, 6.45) is 16.3. The van der Waals surface area contributed by atoms with E-state index in [1.807, 2.05) is 18.7 Å². The molecule has 3 unspecified atom stereocenters. The van der Waals surface area contributed by atoms with Gasteiger partial charge >= 0.3 is 0 Å². The number of anilines is 4. The highest BCUT2D eigenvalue weighted by Crippen LogP contribution is 2.22. The second kappa shape index (κ2) is 43.4. The third kappa shape index (κ3) is 27.3. The monoisotopic (exact) mass is 1170 g/mol. The highest BCUT2D eigenvalue weighted by atomic mass is 32.1. The predicted molar refractivity (Wildman–Crippen MR) is 328 cm³/mol. The van der Waals surface area contributed by atoms with E-state index >= 15 is 0 Å². The number of nitrogens with one attached hydrogen (secondary N) is 6. The van der Waals surface area contributed by atoms with Crippen molar-refractivity contribution >= 4 is 101 Å². The molecule has 1 fully saturated rings. The van der Waals surface area contributed by atoms with Crippen molar-refractivity contribution in [2.45, 2.75) is 137 Å². The first-order valence-electron chi connectivity index (χ1n) is 27.3. The van der Waals surface area contributed by atoms with E-state index in [2.05, 4.69) is 103 Å². The van der Waals surface area contributed by atoms with Crippen LogP contribution in [0, 0.1) is 12.3 Å². The molecular weight excluding hydrogens is 1090 g/mol. The van der Waals surface area contributed by atoms with Crippen LogP contribution < -0.4 is 60.1 Å². The molecule has 5 rings (SSSR count). The zero-order chi connectivity index (χ0) is 62.9. The number of likely N-dealkylation sites (N-methyl/N-ethyl adjacent to an activating group) is 1. The first-order valence-corrected chi connectivity index (χ1v) is 27.8. The Balaban J connectivity index is 0.00000215. The summed E-state index contributed by atoms with van der Waals surface area (Å²) in [5.41, 5.74) is 22.4. The number of hydrogen-bond donors (Lipinski definition) is 12. The normalized spacial score (nSPS) is 12.8. The van der Waals surface area contributed by atoms with E-state index in [1.54, 1.807) is 31.3 Å². The maximum atomic E-state index is 13.2. The largest absolute Gasteiger partial charge is 0.400 e. The molecule has 2 aromatic heterocycles. The van der Waals surface area contributed by atoms with Crippen LogP contribution in [0.1, 0.15) is 145 Å². The number of amides is 6. The van der Waals surface area contributed by atoms with Crippen LogP contribution in [-0.4, -0.2) is 141 Å². The van der Waals surface area contributed by atoms with Gasteiger partial charge in [0.2, 0.25) is 29.6 Å². The summed E-state index contributed by atoms with van der Waals surface area (Å²) in [5.74, 6) is 5.68. The number of hydrazone groups is 1. The SMILES string of the molecule is C#CCN(Cc1cnc2nc(N)nc(N)c2n1)c1ccc(C(=O)NC(C=O)CCCNC(=O)c2ccc(NC(=O)C(C)NC(=O)CNC)cc2/C(N)=N/NN)cc1.CC.CCC.CCCC.CO.O=CCCCCCN1C(=O)CC(S)C1=O. The maximum Gasteiger partial charge on any atom is 0.252 e. The van der Waals surface area contributed by atoms with Crippen LogP contribution in [0.25, 0.3) is 11.2 Å². The van der Waals surface area contributed by atoms with E-state index in [0.717, 1.165) is 32.7 Å². The van der Waals surface area contributed by atoms with Gasteiger partial charge in [0.1, 0.15) is 18.6 Å². The Bertz CT molecular complexity index is 2730. The summed E-state index contributed by atoms with van der Waals surface area (Å²) in [7, 11) is 2.60. The second-order valence-corrected chi connectivity index (χ2v) is 18.4. The Labute approximate surface area is 492 Å². The van der Waals surface area contributed by atoms with Gasteiger partial charge < -0.3 is 63.4 Å². The van der Waals surface area contributed by atoms with Gasteiger partial charge in [-0.2, -0.15) is 22.6 Å². The molecule has 2 aromatic carbocycles. The number of hydrazine groups is 1. The van der Waals surface area contributed by atoms with Gasteiger partial charge in [-0.3, -0.25) is 33.7 Å². The molecule has 15 N–H and O–H groups in total. The minimum absolute atomic E-state index is 0.0108. The van der Waals surface area contributed by atoms with Gasteiger partial charge in [0, 0.05) is 55.5 Å². The van der Waals surface area contributed by atoms with Crippen molar-refractivity contribution in [3.05, 3.63) is 71.0 Å². The molecule has 3 atom stereocenters. The Kier molecular flexibility index (Phi) is 39.1. The predicted octanol–water partition coefficient (Wildman–Crippen LogP) is 3.14. The average molecular weight is 1170 g/mol. The molecule has 1 aliphatic heterocycles. The number of thiol groups is 1. The number of terminal acetylenes is 1. The number of aliphatic hydroxyl groups excluding tert-OH is 1.